The number of hydrogen-bond donors (Lipinski definition) is 2. The quantitative estimate of drug-likeness (QED) is 0.456. The SMILES string of the molecule is COc1ccc(NC(=O)CNc2ccc(S(=O)(=O)N(C)C(C)C)cc2)c([N+](=O)[O-])c1. The van der Waals surface area contributed by atoms with Gasteiger partial charge in [-0.15, -0.1) is 0 Å². The molecule has 2 aromatic rings. The number of carbonyl (C=O) groups excluding carboxylic acids is 1. The first kappa shape index (κ1) is 23.1. The summed E-state index contributed by atoms with van der Waals surface area (Å²) < 4.78 is 31.2. The van der Waals surface area contributed by atoms with Gasteiger partial charge in [-0.1, -0.05) is 0 Å². The minimum absolute atomic E-state index is 0.0470. The molecule has 1 amide bonds. The number of benzene rings is 2. The average molecular weight is 436 g/mol. The van der Waals surface area contributed by atoms with E-state index in [2.05, 4.69) is 10.6 Å². The van der Waals surface area contributed by atoms with Gasteiger partial charge in [0, 0.05) is 18.8 Å². The Labute approximate surface area is 175 Å². The van der Waals surface area contributed by atoms with E-state index < -0.39 is 20.9 Å². The number of carbonyl (C=O) groups is 1. The molecule has 0 unspecified atom stereocenters. The summed E-state index contributed by atoms with van der Waals surface area (Å²) in [6, 6.07) is 9.91. The van der Waals surface area contributed by atoms with Gasteiger partial charge in [-0.3, -0.25) is 14.9 Å². The molecule has 0 bridgehead atoms. The van der Waals surface area contributed by atoms with E-state index in [1.165, 1.54) is 48.8 Å². The van der Waals surface area contributed by atoms with Crippen LogP contribution in [0.1, 0.15) is 13.8 Å². The highest BCUT2D eigenvalue weighted by atomic mass is 32.2. The number of ether oxygens (including phenoxy) is 1. The molecule has 0 aliphatic rings. The maximum atomic E-state index is 12.5. The van der Waals surface area contributed by atoms with Crippen LogP contribution in [0.5, 0.6) is 5.75 Å². The van der Waals surface area contributed by atoms with Gasteiger partial charge in [0.1, 0.15) is 11.4 Å². The molecule has 11 heteroatoms. The lowest BCUT2D eigenvalue weighted by Crippen LogP contribution is -2.33. The Hall–Kier alpha value is -3.18. The third kappa shape index (κ3) is 5.45. The highest BCUT2D eigenvalue weighted by Crippen LogP contribution is 2.29. The predicted octanol–water partition coefficient (Wildman–Crippen LogP) is 2.68. The van der Waals surface area contributed by atoms with Crippen molar-refractivity contribution in [2.45, 2.75) is 24.8 Å². The van der Waals surface area contributed by atoms with E-state index in [4.69, 9.17) is 4.74 Å². The van der Waals surface area contributed by atoms with E-state index >= 15 is 0 Å². The Morgan fingerprint density at radius 1 is 1.20 bits per heavy atom. The fourth-order valence-electron chi connectivity index (χ4n) is 2.46. The zero-order valence-electron chi connectivity index (χ0n) is 17.1. The summed E-state index contributed by atoms with van der Waals surface area (Å²) in [6.45, 7) is 3.39. The number of rotatable bonds is 9. The number of methoxy groups -OCH3 is 1. The van der Waals surface area contributed by atoms with Gasteiger partial charge in [-0.2, -0.15) is 4.31 Å². The number of nitrogens with zero attached hydrogens (tertiary/aromatic N) is 2. The Morgan fingerprint density at radius 2 is 1.83 bits per heavy atom. The van der Waals surface area contributed by atoms with Gasteiger partial charge in [-0.05, 0) is 50.2 Å². The average Bonchev–Trinajstić information content (AvgIpc) is 2.72. The molecule has 0 radical (unpaired) electrons. The summed E-state index contributed by atoms with van der Waals surface area (Å²) in [5, 5.41) is 16.5. The van der Waals surface area contributed by atoms with Crippen molar-refractivity contribution in [1.82, 2.24) is 4.31 Å². The van der Waals surface area contributed by atoms with Gasteiger partial charge >= 0.3 is 0 Å². The standard InChI is InChI=1S/C19H24N4O6S/c1-13(2)22(3)30(27,28)16-8-5-14(6-9-16)20-12-19(24)21-17-10-7-15(29-4)11-18(17)23(25)26/h5-11,13,20H,12H2,1-4H3,(H,21,24). The summed E-state index contributed by atoms with van der Waals surface area (Å²) in [5.41, 5.74) is 0.290. The van der Waals surface area contributed by atoms with E-state index in [9.17, 15) is 23.3 Å². The molecule has 0 saturated heterocycles. The number of amides is 1. The van der Waals surface area contributed by atoms with E-state index in [1.807, 2.05) is 0 Å². The van der Waals surface area contributed by atoms with Crippen molar-refractivity contribution in [2.24, 2.45) is 0 Å². The van der Waals surface area contributed by atoms with Gasteiger partial charge in [-0.25, -0.2) is 8.42 Å². The summed E-state index contributed by atoms with van der Waals surface area (Å²) in [5.74, 6) is -0.199. The highest BCUT2D eigenvalue weighted by molar-refractivity contribution is 7.89. The number of hydrogen-bond acceptors (Lipinski definition) is 7. The lowest BCUT2D eigenvalue weighted by Gasteiger charge is -2.21. The Morgan fingerprint density at radius 3 is 2.37 bits per heavy atom. The molecule has 2 aromatic carbocycles. The molecule has 0 atom stereocenters. The van der Waals surface area contributed by atoms with Crippen molar-refractivity contribution >= 4 is 33.0 Å². The van der Waals surface area contributed by atoms with Crippen LogP contribution in [0.25, 0.3) is 0 Å². The van der Waals surface area contributed by atoms with Gasteiger partial charge < -0.3 is 15.4 Å². The number of sulfonamides is 1. The second kappa shape index (κ2) is 9.55. The second-order valence-corrected chi connectivity index (χ2v) is 8.68. The van der Waals surface area contributed by atoms with Crippen LogP contribution in [0.15, 0.2) is 47.4 Å². The molecular formula is C19H24N4O6S. The highest BCUT2D eigenvalue weighted by Gasteiger charge is 2.23. The lowest BCUT2D eigenvalue weighted by atomic mass is 10.2. The smallest absolute Gasteiger partial charge is 0.296 e. The van der Waals surface area contributed by atoms with E-state index in [0.29, 0.717) is 11.4 Å². The maximum absolute atomic E-state index is 12.5. The predicted molar refractivity (Wildman–Crippen MR) is 113 cm³/mol. The largest absolute Gasteiger partial charge is 0.496 e. The van der Waals surface area contributed by atoms with Gasteiger partial charge in [0.05, 0.1) is 29.5 Å². The number of nitrogens with one attached hydrogen (secondary N) is 2. The summed E-state index contributed by atoms with van der Waals surface area (Å²) in [6.07, 6.45) is 0. The van der Waals surface area contributed by atoms with Crippen LogP contribution in [-0.2, 0) is 14.8 Å². The fraction of sp³-hybridized carbons (Fsp3) is 0.316. The minimum Gasteiger partial charge on any atom is -0.496 e. The van der Waals surface area contributed by atoms with Crippen molar-refractivity contribution in [2.75, 3.05) is 31.3 Å². The summed E-state index contributed by atoms with van der Waals surface area (Å²) >= 11 is 0. The zero-order valence-corrected chi connectivity index (χ0v) is 17.9. The van der Waals surface area contributed by atoms with Crippen molar-refractivity contribution in [3.05, 3.63) is 52.6 Å². The molecule has 0 fully saturated rings. The molecule has 162 valence electrons. The Balaban J connectivity index is 2.03. The normalized spacial score (nSPS) is 11.4. The molecule has 0 heterocycles. The second-order valence-electron chi connectivity index (χ2n) is 6.68. The number of anilines is 2. The molecular weight excluding hydrogens is 412 g/mol. The van der Waals surface area contributed by atoms with Crippen LogP contribution in [0.4, 0.5) is 17.1 Å². The van der Waals surface area contributed by atoms with Gasteiger partial charge in [0.15, 0.2) is 0 Å². The monoisotopic (exact) mass is 436 g/mol. The molecule has 0 aliphatic carbocycles. The molecule has 10 nitrogen and oxygen atoms in total. The minimum atomic E-state index is -3.59. The first-order chi connectivity index (χ1) is 14.1. The first-order valence-corrected chi connectivity index (χ1v) is 10.4. The van der Waals surface area contributed by atoms with E-state index in [0.717, 1.165) is 0 Å². The van der Waals surface area contributed by atoms with E-state index in [-0.39, 0.29) is 28.9 Å². The molecule has 2 rings (SSSR count). The Bertz CT molecular complexity index is 1020. The van der Waals surface area contributed by atoms with Crippen molar-refractivity contribution in [1.29, 1.82) is 0 Å². The van der Waals surface area contributed by atoms with Crippen molar-refractivity contribution < 1.29 is 22.9 Å². The van der Waals surface area contributed by atoms with Crippen LogP contribution in [-0.4, -0.2) is 50.3 Å². The first-order valence-electron chi connectivity index (χ1n) is 9.00. The molecule has 30 heavy (non-hydrogen) atoms. The van der Waals surface area contributed by atoms with Crippen LogP contribution in [0, 0.1) is 10.1 Å². The Kier molecular flexibility index (Phi) is 7.35. The zero-order chi connectivity index (χ0) is 22.5. The molecule has 0 aromatic heterocycles. The van der Waals surface area contributed by atoms with E-state index in [1.54, 1.807) is 26.0 Å². The topological polar surface area (TPSA) is 131 Å². The van der Waals surface area contributed by atoms with Crippen LogP contribution >= 0.6 is 0 Å². The molecule has 0 aliphatic heterocycles. The fourth-order valence-corrected chi connectivity index (χ4v) is 3.83. The maximum Gasteiger partial charge on any atom is 0.296 e. The van der Waals surface area contributed by atoms with Crippen LogP contribution in [0.3, 0.4) is 0 Å². The van der Waals surface area contributed by atoms with Crippen molar-refractivity contribution in [3.8, 4) is 5.75 Å². The van der Waals surface area contributed by atoms with Gasteiger partial charge in [0.25, 0.3) is 5.69 Å². The lowest BCUT2D eigenvalue weighted by molar-refractivity contribution is -0.384. The molecule has 2 N–H and O–H groups in total. The third-order valence-electron chi connectivity index (χ3n) is 4.39. The number of nitro benzene ring substituents is 1. The third-order valence-corrected chi connectivity index (χ3v) is 6.44. The van der Waals surface area contributed by atoms with Gasteiger partial charge in [0.2, 0.25) is 15.9 Å². The van der Waals surface area contributed by atoms with Crippen LogP contribution in [0.2, 0.25) is 0 Å². The molecule has 0 saturated carbocycles. The summed E-state index contributed by atoms with van der Waals surface area (Å²) in [7, 11) is -0.697. The number of nitro groups is 1. The molecule has 0 spiro atoms. The summed E-state index contributed by atoms with van der Waals surface area (Å²) in [4.78, 5) is 22.9. The van der Waals surface area contributed by atoms with Crippen LogP contribution < -0.4 is 15.4 Å². The van der Waals surface area contributed by atoms with Crippen molar-refractivity contribution in [3.63, 3.8) is 0 Å².